The number of esters is 1. The van der Waals surface area contributed by atoms with Gasteiger partial charge in [-0.25, -0.2) is 0 Å². The first-order valence-corrected chi connectivity index (χ1v) is 13.9. The number of carbonyl (C=O) groups is 1. The third-order valence-corrected chi connectivity index (χ3v) is 5.71. The number of allylic oxidation sites excluding steroid dienone is 4. The van der Waals surface area contributed by atoms with Crippen molar-refractivity contribution in [2.75, 3.05) is 19.8 Å². The van der Waals surface area contributed by atoms with Gasteiger partial charge in [-0.05, 0) is 51.4 Å². The molecule has 0 fully saturated rings. The zero-order chi connectivity index (χ0) is 24.2. The maximum Gasteiger partial charge on any atom is 0.306 e. The van der Waals surface area contributed by atoms with Crippen LogP contribution in [0.5, 0.6) is 0 Å². The Morgan fingerprint density at radius 2 is 1.18 bits per heavy atom. The Balaban J connectivity index is 3.49. The lowest BCUT2D eigenvalue weighted by Gasteiger charge is -2.15. The van der Waals surface area contributed by atoms with Crippen LogP contribution < -0.4 is 0 Å². The van der Waals surface area contributed by atoms with Gasteiger partial charge in [0.1, 0.15) is 6.10 Å². The molecule has 0 amide bonds. The third kappa shape index (κ3) is 25.3. The van der Waals surface area contributed by atoms with Crippen molar-refractivity contribution in [2.45, 2.75) is 136 Å². The number of hydrogen-bond acceptors (Lipinski definition) is 4. The second-order valence-corrected chi connectivity index (χ2v) is 9.11. The highest BCUT2D eigenvalue weighted by molar-refractivity contribution is 5.69. The highest BCUT2D eigenvalue weighted by Crippen LogP contribution is 2.10. The summed E-state index contributed by atoms with van der Waals surface area (Å²) in [5.74, 6) is -0.218. The van der Waals surface area contributed by atoms with Crippen molar-refractivity contribution in [3.8, 4) is 0 Å². The lowest BCUT2D eigenvalue weighted by atomic mass is 10.1. The van der Waals surface area contributed by atoms with Gasteiger partial charge in [-0.3, -0.25) is 4.79 Å². The molecule has 0 heterocycles. The molecule has 0 aliphatic rings. The highest BCUT2D eigenvalue weighted by Gasteiger charge is 2.13. The fraction of sp³-hybridized carbons (Fsp3) is 0.828. The van der Waals surface area contributed by atoms with Crippen LogP contribution in [0.2, 0.25) is 0 Å². The maximum atomic E-state index is 12.0. The molecule has 0 aliphatic carbocycles. The smallest absolute Gasteiger partial charge is 0.306 e. The molecule has 0 aliphatic heterocycles. The van der Waals surface area contributed by atoms with Gasteiger partial charge in [0.15, 0.2) is 0 Å². The van der Waals surface area contributed by atoms with Crippen molar-refractivity contribution in [2.24, 2.45) is 0 Å². The summed E-state index contributed by atoms with van der Waals surface area (Å²) in [5, 5.41) is 9.44. The molecule has 0 saturated carbocycles. The van der Waals surface area contributed by atoms with Gasteiger partial charge < -0.3 is 14.6 Å². The molecule has 0 spiro atoms. The fourth-order valence-electron chi connectivity index (χ4n) is 3.62. The molecule has 33 heavy (non-hydrogen) atoms. The van der Waals surface area contributed by atoms with Crippen LogP contribution in [0.15, 0.2) is 24.3 Å². The monoisotopic (exact) mass is 466 g/mol. The molecule has 0 bridgehead atoms. The van der Waals surface area contributed by atoms with Gasteiger partial charge in [-0.15, -0.1) is 0 Å². The van der Waals surface area contributed by atoms with Crippen LogP contribution in [0.3, 0.4) is 0 Å². The van der Waals surface area contributed by atoms with E-state index in [0.29, 0.717) is 13.0 Å². The fourth-order valence-corrected chi connectivity index (χ4v) is 3.62. The highest BCUT2D eigenvalue weighted by atomic mass is 16.6. The van der Waals surface area contributed by atoms with E-state index in [1.165, 1.54) is 77.0 Å². The molecule has 0 aromatic rings. The van der Waals surface area contributed by atoms with Crippen LogP contribution in [-0.4, -0.2) is 37.0 Å². The Kier molecular flexibility index (Phi) is 26.2. The van der Waals surface area contributed by atoms with Gasteiger partial charge in [0.25, 0.3) is 0 Å². The predicted molar refractivity (Wildman–Crippen MR) is 141 cm³/mol. The average Bonchev–Trinajstić information content (AvgIpc) is 2.82. The van der Waals surface area contributed by atoms with Crippen molar-refractivity contribution in [1.29, 1.82) is 0 Å². The topological polar surface area (TPSA) is 55.8 Å². The van der Waals surface area contributed by atoms with Crippen molar-refractivity contribution in [3.63, 3.8) is 0 Å². The van der Waals surface area contributed by atoms with E-state index in [0.717, 1.165) is 32.1 Å². The molecule has 194 valence electrons. The average molecular weight is 467 g/mol. The lowest BCUT2D eigenvalue weighted by molar-refractivity contribution is -0.154. The van der Waals surface area contributed by atoms with Crippen LogP contribution in [0.25, 0.3) is 0 Å². The summed E-state index contributed by atoms with van der Waals surface area (Å²) in [6.45, 7) is 5.19. The first-order chi connectivity index (χ1) is 16.2. The van der Waals surface area contributed by atoms with Crippen LogP contribution in [0, 0.1) is 0 Å². The summed E-state index contributed by atoms with van der Waals surface area (Å²) in [5.41, 5.74) is 0. The van der Waals surface area contributed by atoms with Gasteiger partial charge in [-0.2, -0.15) is 0 Å². The normalized spacial score (nSPS) is 12.7. The Hall–Kier alpha value is -1.13. The molecule has 0 rings (SSSR count). The lowest BCUT2D eigenvalue weighted by Crippen LogP contribution is -2.27. The maximum absolute atomic E-state index is 12.0. The predicted octanol–water partition coefficient (Wildman–Crippen LogP) is 8.08. The molecule has 0 aromatic heterocycles. The molecule has 1 N–H and O–H groups in total. The first-order valence-electron chi connectivity index (χ1n) is 13.9. The summed E-state index contributed by atoms with van der Waals surface area (Å²) in [6.07, 6.45) is 29.1. The number of ether oxygens (including phenoxy) is 2. The molecule has 1 unspecified atom stereocenters. The standard InChI is InChI=1S/C29H54O4/c1-3-5-7-9-11-13-15-17-19-21-23-25-32-27-28(26-30)33-29(31)24-22-20-18-16-14-12-10-8-6-4-2/h7-10,28,30H,3-6,11-27H2,1-2H3/b9-7-,10-8-. The summed E-state index contributed by atoms with van der Waals surface area (Å²) in [7, 11) is 0. The number of rotatable bonds is 25. The molecule has 0 radical (unpaired) electrons. The van der Waals surface area contributed by atoms with E-state index in [4.69, 9.17) is 9.47 Å². The van der Waals surface area contributed by atoms with Crippen molar-refractivity contribution in [3.05, 3.63) is 24.3 Å². The summed E-state index contributed by atoms with van der Waals surface area (Å²) in [6, 6.07) is 0. The van der Waals surface area contributed by atoms with Gasteiger partial charge in [0.05, 0.1) is 13.2 Å². The van der Waals surface area contributed by atoms with E-state index < -0.39 is 6.10 Å². The van der Waals surface area contributed by atoms with Gasteiger partial charge in [0, 0.05) is 13.0 Å². The quantitative estimate of drug-likeness (QED) is 0.0839. The van der Waals surface area contributed by atoms with E-state index >= 15 is 0 Å². The van der Waals surface area contributed by atoms with Gasteiger partial charge in [-0.1, -0.05) is 95.9 Å². The molecule has 4 heteroatoms. The Bertz CT molecular complexity index is 459. The van der Waals surface area contributed by atoms with Crippen LogP contribution in [0.1, 0.15) is 129 Å². The van der Waals surface area contributed by atoms with E-state index in [1.807, 2.05) is 0 Å². The SMILES string of the molecule is CCC/C=C\CCCCCCCCOCC(CO)OC(=O)CCCCCCC/C=C\CCC. The zero-order valence-electron chi connectivity index (χ0n) is 21.9. The largest absolute Gasteiger partial charge is 0.457 e. The summed E-state index contributed by atoms with van der Waals surface area (Å²) in [4.78, 5) is 12.0. The van der Waals surface area contributed by atoms with Crippen molar-refractivity contribution in [1.82, 2.24) is 0 Å². The molecular formula is C29H54O4. The first kappa shape index (κ1) is 31.9. The number of unbranched alkanes of at least 4 members (excludes halogenated alkanes) is 13. The molecule has 0 saturated heterocycles. The van der Waals surface area contributed by atoms with Gasteiger partial charge >= 0.3 is 5.97 Å². The number of aliphatic hydroxyl groups is 1. The second kappa shape index (κ2) is 27.1. The molecule has 0 aromatic carbocycles. The zero-order valence-corrected chi connectivity index (χ0v) is 21.9. The van der Waals surface area contributed by atoms with E-state index in [2.05, 4.69) is 38.2 Å². The van der Waals surface area contributed by atoms with Crippen molar-refractivity contribution < 1.29 is 19.4 Å². The Labute approximate surface area is 205 Å². The summed E-state index contributed by atoms with van der Waals surface area (Å²) >= 11 is 0. The molecular weight excluding hydrogens is 412 g/mol. The minimum Gasteiger partial charge on any atom is -0.457 e. The molecule has 4 nitrogen and oxygen atoms in total. The van der Waals surface area contributed by atoms with E-state index in [-0.39, 0.29) is 19.2 Å². The van der Waals surface area contributed by atoms with Crippen LogP contribution >= 0.6 is 0 Å². The van der Waals surface area contributed by atoms with E-state index in [9.17, 15) is 9.90 Å². The van der Waals surface area contributed by atoms with E-state index in [1.54, 1.807) is 0 Å². The van der Waals surface area contributed by atoms with Crippen molar-refractivity contribution >= 4 is 5.97 Å². The third-order valence-electron chi connectivity index (χ3n) is 5.71. The Morgan fingerprint density at radius 3 is 1.73 bits per heavy atom. The number of carbonyl (C=O) groups excluding carboxylic acids is 1. The minimum atomic E-state index is -0.534. The number of hydrogen-bond donors (Lipinski definition) is 1. The molecule has 1 atom stereocenters. The second-order valence-electron chi connectivity index (χ2n) is 9.11. The summed E-state index contributed by atoms with van der Waals surface area (Å²) < 4.78 is 11.0. The van der Waals surface area contributed by atoms with Crippen LogP contribution in [-0.2, 0) is 14.3 Å². The number of aliphatic hydroxyl groups excluding tert-OH is 1. The Morgan fingerprint density at radius 1 is 0.697 bits per heavy atom. The van der Waals surface area contributed by atoms with Gasteiger partial charge in [0.2, 0.25) is 0 Å². The minimum absolute atomic E-state index is 0.177. The van der Waals surface area contributed by atoms with Crippen LogP contribution in [0.4, 0.5) is 0 Å².